The third kappa shape index (κ3) is 2.33. The van der Waals surface area contributed by atoms with E-state index in [1.165, 1.54) is 0 Å². The molecule has 1 aliphatic heterocycles. The maximum atomic E-state index is 13.1. The fourth-order valence-electron chi connectivity index (χ4n) is 1.71. The van der Waals surface area contributed by atoms with Gasteiger partial charge in [0, 0.05) is 0 Å². The van der Waals surface area contributed by atoms with Crippen LogP contribution in [-0.4, -0.2) is 32.2 Å². The molecule has 3 atom stereocenters. The van der Waals surface area contributed by atoms with Gasteiger partial charge < -0.3 is 9.84 Å². The molecule has 1 aromatic rings. The lowest BCUT2D eigenvalue weighted by atomic mass is 10.2. The van der Waals surface area contributed by atoms with Crippen LogP contribution >= 0.6 is 15.9 Å². The van der Waals surface area contributed by atoms with Crippen LogP contribution in [0.25, 0.3) is 0 Å². The molecule has 17 heavy (non-hydrogen) atoms. The zero-order chi connectivity index (χ0) is 12.6. The van der Waals surface area contributed by atoms with Gasteiger partial charge in [-0.1, -0.05) is 15.9 Å². The minimum Gasteiger partial charge on any atom is -0.394 e. The van der Waals surface area contributed by atoms with E-state index in [2.05, 4.69) is 15.9 Å². The van der Waals surface area contributed by atoms with Crippen LogP contribution in [0.1, 0.15) is 12.6 Å². The predicted octanol–water partition coefficient (Wildman–Crippen LogP) is -0.281. The topological polar surface area (TPSA) is 84.3 Å². The van der Waals surface area contributed by atoms with Crippen molar-refractivity contribution in [2.75, 3.05) is 6.61 Å². The van der Waals surface area contributed by atoms with Crippen molar-refractivity contribution in [1.29, 1.82) is 0 Å². The van der Waals surface area contributed by atoms with Gasteiger partial charge in [-0.15, -0.1) is 0 Å². The second-order valence-electron chi connectivity index (χ2n) is 3.73. The zero-order valence-electron chi connectivity index (χ0n) is 8.60. The highest BCUT2D eigenvalue weighted by Crippen LogP contribution is 2.32. The Labute approximate surface area is 103 Å². The molecule has 0 amide bonds. The molecule has 0 aliphatic carbocycles. The summed E-state index contributed by atoms with van der Waals surface area (Å²) in [5, 5.41) is 8.95. The maximum Gasteiger partial charge on any atom is 0.330 e. The van der Waals surface area contributed by atoms with Crippen molar-refractivity contribution >= 4 is 15.9 Å². The predicted molar refractivity (Wildman–Crippen MR) is 59.6 cm³/mol. The smallest absolute Gasteiger partial charge is 0.330 e. The Bertz CT molecular complexity index is 528. The summed E-state index contributed by atoms with van der Waals surface area (Å²) < 4.78 is 19.4. The number of aliphatic hydroxyl groups is 1. The van der Waals surface area contributed by atoms with Crippen molar-refractivity contribution in [2.24, 2.45) is 0 Å². The van der Waals surface area contributed by atoms with E-state index in [-0.39, 0.29) is 11.4 Å². The summed E-state index contributed by atoms with van der Waals surface area (Å²) >= 11 is 3.29. The van der Waals surface area contributed by atoms with Gasteiger partial charge in [-0.3, -0.25) is 14.3 Å². The SMILES string of the molecule is O=c1[nH]c(=O)n([C@H]2O[C@H](CO)C[C@H]2Br)cc1F. The molecule has 2 N–H and O–H groups in total. The molecular formula is C9H10BrFN2O4. The lowest BCUT2D eigenvalue weighted by Crippen LogP contribution is -2.35. The minimum absolute atomic E-state index is 0.181. The van der Waals surface area contributed by atoms with E-state index in [4.69, 9.17) is 9.84 Å². The molecule has 2 rings (SSSR count). The number of hydrogen-bond acceptors (Lipinski definition) is 4. The van der Waals surface area contributed by atoms with Gasteiger partial charge in [0.25, 0.3) is 5.56 Å². The maximum absolute atomic E-state index is 13.1. The first-order chi connectivity index (χ1) is 8.02. The molecular weight excluding hydrogens is 299 g/mol. The second-order valence-corrected chi connectivity index (χ2v) is 4.90. The Morgan fingerprint density at radius 3 is 2.94 bits per heavy atom. The molecule has 94 valence electrons. The minimum atomic E-state index is -1.06. The van der Waals surface area contributed by atoms with Crippen molar-refractivity contribution in [3.8, 4) is 0 Å². The fourth-order valence-corrected chi connectivity index (χ4v) is 2.51. The third-order valence-corrected chi connectivity index (χ3v) is 3.36. The number of nitrogens with one attached hydrogen (secondary N) is 1. The molecule has 1 aromatic heterocycles. The number of halogens is 2. The van der Waals surface area contributed by atoms with E-state index < -0.39 is 29.4 Å². The normalized spacial score (nSPS) is 28.5. The number of alkyl halides is 1. The molecule has 0 radical (unpaired) electrons. The number of aliphatic hydroxyl groups excluding tert-OH is 1. The van der Waals surface area contributed by atoms with E-state index in [9.17, 15) is 14.0 Å². The number of hydrogen-bond donors (Lipinski definition) is 2. The van der Waals surface area contributed by atoms with Crippen molar-refractivity contribution in [1.82, 2.24) is 9.55 Å². The van der Waals surface area contributed by atoms with Gasteiger partial charge in [0.2, 0.25) is 5.82 Å². The Morgan fingerprint density at radius 2 is 2.35 bits per heavy atom. The summed E-state index contributed by atoms with van der Waals surface area (Å²) in [6, 6.07) is 0. The zero-order valence-corrected chi connectivity index (χ0v) is 10.2. The van der Waals surface area contributed by atoms with Crippen LogP contribution in [0.5, 0.6) is 0 Å². The summed E-state index contributed by atoms with van der Waals surface area (Å²) in [4.78, 5) is 24.0. The highest BCUT2D eigenvalue weighted by molar-refractivity contribution is 9.09. The van der Waals surface area contributed by atoms with Crippen molar-refractivity contribution in [3.05, 3.63) is 32.9 Å². The standard InChI is InChI=1S/C9H10BrFN2O4/c10-5-1-4(3-14)17-8(5)13-2-6(11)7(15)12-9(13)16/h2,4-5,8,14H,1,3H2,(H,12,15,16)/t4-,5+,8-/m0/s1. The first-order valence-corrected chi connectivity index (χ1v) is 5.86. The molecule has 0 unspecified atom stereocenters. The van der Waals surface area contributed by atoms with Crippen molar-refractivity contribution in [3.63, 3.8) is 0 Å². The van der Waals surface area contributed by atoms with E-state index >= 15 is 0 Å². The molecule has 0 saturated carbocycles. The third-order valence-electron chi connectivity index (χ3n) is 2.53. The van der Waals surface area contributed by atoms with Crippen LogP contribution in [0.2, 0.25) is 0 Å². The highest BCUT2D eigenvalue weighted by atomic mass is 79.9. The summed E-state index contributed by atoms with van der Waals surface area (Å²) in [5.74, 6) is -1.06. The lowest BCUT2D eigenvalue weighted by molar-refractivity contribution is -0.0235. The van der Waals surface area contributed by atoms with E-state index in [1.54, 1.807) is 0 Å². The Kier molecular flexibility index (Phi) is 3.45. The summed E-state index contributed by atoms with van der Waals surface area (Å²) in [7, 11) is 0. The number of nitrogens with zero attached hydrogens (tertiary/aromatic N) is 1. The molecule has 1 saturated heterocycles. The number of rotatable bonds is 2. The van der Waals surface area contributed by atoms with Gasteiger partial charge >= 0.3 is 5.69 Å². The lowest BCUT2D eigenvalue weighted by Gasteiger charge is -2.16. The average Bonchev–Trinajstić information content (AvgIpc) is 2.65. The molecule has 8 heteroatoms. The van der Waals surface area contributed by atoms with Crippen LogP contribution in [0.4, 0.5) is 4.39 Å². The molecule has 0 aromatic carbocycles. The Balaban J connectivity index is 2.38. The first-order valence-electron chi connectivity index (χ1n) is 4.94. The van der Waals surface area contributed by atoms with E-state index in [0.29, 0.717) is 6.42 Å². The molecule has 6 nitrogen and oxygen atoms in total. The monoisotopic (exact) mass is 308 g/mol. The van der Waals surface area contributed by atoms with Crippen LogP contribution in [0.3, 0.4) is 0 Å². The number of aromatic nitrogens is 2. The molecule has 0 bridgehead atoms. The quantitative estimate of drug-likeness (QED) is 0.736. The number of H-pyrrole nitrogens is 1. The van der Waals surface area contributed by atoms with Crippen LogP contribution in [0.15, 0.2) is 15.8 Å². The van der Waals surface area contributed by atoms with E-state index in [0.717, 1.165) is 10.8 Å². The fraction of sp³-hybridized carbons (Fsp3) is 0.556. The second kappa shape index (κ2) is 4.71. The van der Waals surface area contributed by atoms with E-state index in [1.807, 2.05) is 4.98 Å². The van der Waals surface area contributed by atoms with Gasteiger partial charge in [-0.05, 0) is 6.42 Å². The summed E-state index contributed by atoms with van der Waals surface area (Å²) in [6.07, 6.45) is 0.144. The van der Waals surface area contributed by atoms with Gasteiger partial charge in [-0.2, -0.15) is 4.39 Å². The molecule has 1 fully saturated rings. The highest BCUT2D eigenvalue weighted by Gasteiger charge is 2.35. The van der Waals surface area contributed by atoms with Crippen LogP contribution < -0.4 is 11.2 Å². The Morgan fingerprint density at radius 1 is 1.65 bits per heavy atom. The first kappa shape index (κ1) is 12.5. The molecule has 2 heterocycles. The van der Waals surface area contributed by atoms with Crippen LogP contribution in [-0.2, 0) is 4.74 Å². The Hall–Kier alpha value is -0.990. The molecule has 0 spiro atoms. The number of aromatic amines is 1. The van der Waals surface area contributed by atoms with Crippen molar-refractivity contribution in [2.45, 2.75) is 23.6 Å². The largest absolute Gasteiger partial charge is 0.394 e. The van der Waals surface area contributed by atoms with Crippen LogP contribution in [0, 0.1) is 5.82 Å². The summed E-state index contributed by atoms with van der Waals surface area (Å²) in [6.45, 7) is -0.181. The number of ether oxygens (including phenoxy) is 1. The van der Waals surface area contributed by atoms with Gasteiger partial charge in [0.05, 0.1) is 23.7 Å². The van der Waals surface area contributed by atoms with Gasteiger partial charge in [0.15, 0.2) is 6.23 Å². The van der Waals surface area contributed by atoms with Gasteiger partial charge in [-0.25, -0.2) is 4.79 Å². The molecule has 1 aliphatic rings. The average molecular weight is 309 g/mol. The van der Waals surface area contributed by atoms with Gasteiger partial charge in [0.1, 0.15) is 0 Å². The summed E-state index contributed by atoms with van der Waals surface area (Å²) in [5.41, 5.74) is -1.81. The van der Waals surface area contributed by atoms with Crippen molar-refractivity contribution < 1.29 is 14.2 Å².